The Hall–Kier alpha value is -0.820. The molecule has 16 heavy (non-hydrogen) atoms. The van der Waals surface area contributed by atoms with E-state index in [0.29, 0.717) is 5.88 Å². The lowest BCUT2D eigenvalue weighted by molar-refractivity contribution is 0.458. The monoisotopic (exact) mass is 344 g/mol. The number of hydrogen-bond donors (Lipinski definition) is 0. The molecule has 0 unspecified atom stereocenters. The first-order valence-electron chi connectivity index (χ1n) is 4.57. The van der Waals surface area contributed by atoms with E-state index >= 15 is 0 Å². The normalized spacial score (nSPS) is 10.1. The largest absolute Gasteiger partial charge is 0.439 e. The van der Waals surface area contributed by atoms with Gasteiger partial charge in [-0.1, -0.05) is 6.07 Å². The van der Waals surface area contributed by atoms with Crippen LogP contribution in [0, 0.1) is 3.57 Å². The van der Waals surface area contributed by atoms with Crippen LogP contribution in [-0.4, -0.2) is 16.2 Å². The van der Waals surface area contributed by atoms with Crippen LogP contribution in [-0.2, 0) is 0 Å². The summed E-state index contributed by atoms with van der Waals surface area (Å²) in [7, 11) is 0. The van der Waals surface area contributed by atoms with E-state index in [-0.39, 0.29) is 0 Å². The number of benzene rings is 1. The number of ether oxygens (including phenoxy) is 1. The van der Waals surface area contributed by atoms with Gasteiger partial charge in [0.25, 0.3) is 0 Å². The molecule has 0 spiro atoms. The quantitative estimate of drug-likeness (QED) is 0.484. The fraction of sp³-hybridized carbons (Fsp3) is 0.0909. The average molecular weight is 344 g/mol. The van der Waals surface area contributed by atoms with Crippen LogP contribution in [0.15, 0.2) is 41.7 Å². The zero-order valence-electron chi connectivity index (χ0n) is 8.55. The maximum Gasteiger partial charge on any atom is 0.223 e. The molecule has 2 rings (SSSR count). The van der Waals surface area contributed by atoms with Crippen LogP contribution in [0.4, 0.5) is 0 Å². The van der Waals surface area contributed by atoms with Gasteiger partial charge in [-0.2, -0.15) is 0 Å². The molecule has 1 aromatic heterocycles. The number of rotatable bonds is 3. The molecule has 0 saturated carbocycles. The fourth-order valence-corrected chi connectivity index (χ4v) is 2.03. The number of hydrogen-bond acceptors (Lipinski definition) is 4. The maximum absolute atomic E-state index is 5.63. The molecule has 5 heteroatoms. The first-order chi connectivity index (χ1) is 7.78. The minimum Gasteiger partial charge on any atom is -0.439 e. The molecule has 0 radical (unpaired) electrons. The van der Waals surface area contributed by atoms with E-state index in [1.54, 1.807) is 11.8 Å². The van der Waals surface area contributed by atoms with Crippen LogP contribution in [0.1, 0.15) is 0 Å². The Morgan fingerprint density at radius 3 is 2.88 bits per heavy atom. The lowest BCUT2D eigenvalue weighted by Crippen LogP contribution is -1.90. The van der Waals surface area contributed by atoms with Crippen molar-refractivity contribution in [3.63, 3.8) is 0 Å². The Bertz CT molecular complexity index is 493. The summed E-state index contributed by atoms with van der Waals surface area (Å²) in [6.45, 7) is 0. The van der Waals surface area contributed by atoms with E-state index in [1.807, 2.05) is 36.6 Å². The molecule has 0 saturated heterocycles. The van der Waals surface area contributed by atoms with Crippen LogP contribution in [0.5, 0.6) is 11.6 Å². The van der Waals surface area contributed by atoms with Gasteiger partial charge < -0.3 is 4.74 Å². The molecule has 0 N–H and O–H groups in total. The first kappa shape index (κ1) is 11.7. The molecule has 2 aromatic rings. The van der Waals surface area contributed by atoms with Gasteiger partial charge in [0.05, 0.1) is 0 Å². The predicted molar refractivity (Wildman–Crippen MR) is 73.0 cm³/mol. The minimum absolute atomic E-state index is 0.571. The van der Waals surface area contributed by atoms with Crippen LogP contribution in [0.3, 0.4) is 0 Å². The Kier molecular flexibility index (Phi) is 4.00. The van der Waals surface area contributed by atoms with Crippen molar-refractivity contribution >= 4 is 34.4 Å². The second-order valence-corrected chi connectivity index (χ2v) is 5.03. The van der Waals surface area contributed by atoms with Crippen molar-refractivity contribution in [2.75, 3.05) is 6.26 Å². The summed E-state index contributed by atoms with van der Waals surface area (Å²) in [5.41, 5.74) is 0. The fourth-order valence-electron chi connectivity index (χ4n) is 1.14. The second kappa shape index (κ2) is 5.49. The average Bonchev–Trinajstić information content (AvgIpc) is 2.29. The zero-order chi connectivity index (χ0) is 11.4. The highest BCUT2D eigenvalue weighted by atomic mass is 127. The number of aromatic nitrogens is 2. The molecule has 0 aliphatic heterocycles. The van der Waals surface area contributed by atoms with Crippen molar-refractivity contribution in [1.82, 2.24) is 9.97 Å². The van der Waals surface area contributed by atoms with Gasteiger partial charge >= 0.3 is 0 Å². The summed E-state index contributed by atoms with van der Waals surface area (Å²) in [6.07, 6.45) is 3.48. The molecule has 1 heterocycles. The summed E-state index contributed by atoms with van der Waals surface area (Å²) in [4.78, 5) is 8.15. The van der Waals surface area contributed by atoms with Crippen LogP contribution >= 0.6 is 34.4 Å². The molecular weight excluding hydrogens is 335 g/mol. The highest BCUT2D eigenvalue weighted by Gasteiger charge is 2.01. The van der Waals surface area contributed by atoms with Gasteiger partial charge in [-0.3, -0.25) is 0 Å². The molecule has 0 fully saturated rings. The van der Waals surface area contributed by atoms with Crippen LogP contribution in [0.2, 0.25) is 0 Å². The summed E-state index contributed by atoms with van der Waals surface area (Å²) in [6, 6.07) is 9.66. The lowest BCUT2D eigenvalue weighted by Gasteiger charge is -2.05. The molecule has 0 bridgehead atoms. The second-order valence-electron chi connectivity index (χ2n) is 2.96. The van der Waals surface area contributed by atoms with Gasteiger partial charge in [-0.15, -0.1) is 11.8 Å². The molecule has 3 nitrogen and oxygen atoms in total. The topological polar surface area (TPSA) is 35.0 Å². The molecule has 0 aliphatic rings. The lowest BCUT2D eigenvalue weighted by atomic mass is 10.3. The van der Waals surface area contributed by atoms with Gasteiger partial charge in [0.15, 0.2) is 0 Å². The third-order valence-electron chi connectivity index (χ3n) is 1.84. The van der Waals surface area contributed by atoms with Gasteiger partial charge in [-0.25, -0.2) is 9.97 Å². The minimum atomic E-state index is 0.571. The van der Waals surface area contributed by atoms with Crippen molar-refractivity contribution in [2.45, 2.75) is 5.03 Å². The first-order valence-corrected chi connectivity index (χ1v) is 6.88. The van der Waals surface area contributed by atoms with Crippen LogP contribution in [0.25, 0.3) is 0 Å². The maximum atomic E-state index is 5.63. The molecule has 0 atom stereocenters. The SMILES string of the molecule is CSc1cc(Oc2cccc(I)c2)ncn1. The van der Waals surface area contributed by atoms with Gasteiger partial charge in [0.1, 0.15) is 17.1 Å². The van der Waals surface area contributed by atoms with Crippen molar-refractivity contribution in [3.05, 3.63) is 40.2 Å². The standard InChI is InChI=1S/C11H9IN2OS/c1-16-11-6-10(13-7-14-11)15-9-4-2-3-8(12)5-9/h2-7H,1H3. The number of thioether (sulfide) groups is 1. The number of halogens is 1. The van der Waals surface area contributed by atoms with E-state index in [9.17, 15) is 0 Å². The molecule has 1 aromatic carbocycles. The van der Waals surface area contributed by atoms with E-state index < -0.39 is 0 Å². The van der Waals surface area contributed by atoms with Crippen molar-refractivity contribution in [1.29, 1.82) is 0 Å². The Morgan fingerprint density at radius 1 is 1.25 bits per heavy atom. The number of nitrogens with zero attached hydrogens (tertiary/aromatic N) is 2. The molecule has 0 aliphatic carbocycles. The van der Waals surface area contributed by atoms with Crippen LogP contribution < -0.4 is 4.74 Å². The summed E-state index contributed by atoms with van der Waals surface area (Å²) < 4.78 is 6.77. The Morgan fingerprint density at radius 2 is 2.12 bits per heavy atom. The van der Waals surface area contributed by atoms with Gasteiger partial charge in [0, 0.05) is 9.64 Å². The third-order valence-corrected chi connectivity index (χ3v) is 3.16. The summed E-state index contributed by atoms with van der Waals surface area (Å²) in [5, 5.41) is 0.899. The van der Waals surface area contributed by atoms with E-state index in [0.717, 1.165) is 14.3 Å². The van der Waals surface area contributed by atoms with Crippen molar-refractivity contribution < 1.29 is 4.74 Å². The molecule has 0 amide bonds. The van der Waals surface area contributed by atoms with E-state index in [4.69, 9.17) is 4.74 Å². The van der Waals surface area contributed by atoms with E-state index in [1.165, 1.54) is 6.33 Å². The smallest absolute Gasteiger partial charge is 0.223 e. The third kappa shape index (κ3) is 3.08. The Balaban J connectivity index is 2.20. The van der Waals surface area contributed by atoms with Gasteiger partial charge in [-0.05, 0) is 47.0 Å². The summed E-state index contributed by atoms with van der Waals surface area (Å²) >= 11 is 3.81. The van der Waals surface area contributed by atoms with Gasteiger partial charge in [0.2, 0.25) is 5.88 Å². The highest BCUT2D eigenvalue weighted by molar-refractivity contribution is 14.1. The predicted octanol–water partition coefficient (Wildman–Crippen LogP) is 3.60. The molecular formula is C11H9IN2OS. The highest BCUT2D eigenvalue weighted by Crippen LogP contribution is 2.23. The van der Waals surface area contributed by atoms with E-state index in [2.05, 4.69) is 32.6 Å². The van der Waals surface area contributed by atoms with Crippen molar-refractivity contribution in [2.24, 2.45) is 0 Å². The summed E-state index contributed by atoms with van der Waals surface area (Å²) in [5.74, 6) is 1.36. The Labute approximate surface area is 112 Å². The molecule has 82 valence electrons. The van der Waals surface area contributed by atoms with Crippen molar-refractivity contribution in [3.8, 4) is 11.6 Å². The zero-order valence-corrected chi connectivity index (χ0v) is 11.5.